The molecule has 6 heteroatoms. The molecule has 2 aliphatic rings. The minimum Gasteiger partial charge on any atom is -0.368 e. The van der Waals surface area contributed by atoms with E-state index >= 15 is 0 Å². The molecule has 1 saturated carbocycles. The topological polar surface area (TPSA) is 43.9 Å². The van der Waals surface area contributed by atoms with Crippen molar-refractivity contribution in [1.29, 1.82) is 0 Å². The number of carbonyl (C=O) groups is 2. The number of rotatable bonds is 6. The van der Waals surface area contributed by atoms with Gasteiger partial charge in [0.25, 0.3) is 0 Å². The molecular weight excluding hydrogens is 350 g/mol. The van der Waals surface area contributed by atoms with E-state index in [1.165, 1.54) is 0 Å². The Balaban J connectivity index is 1.59. The number of carbonyl (C=O) groups excluding carboxylic acids is 2. The molecule has 1 aliphatic carbocycles. The molecule has 26 heavy (non-hydrogen) atoms. The summed E-state index contributed by atoms with van der Waals surface area (Å²) in [6.07, 6.45) is 3.40. The Bertz CT molecular complexity index is 667. The van der Waals surface area contributed by atoms with Gasteiger partial charge in [0.15, 0.2) is 0 Å². The van der Waals surface area contributed by atoms with Crippen LogP contribution in [0.1, 0.15) is 32.6 Å². The van der Waals surface area contributed by atoms with E-state index in [1.807, 2.05) is 36.2 Å². The molecule has 1 saturated heterocycles. The van der Waals surface area contributed by atoms with Crippen LogP contribution in [0, 0.1) is 5.41 Å². The number of hydrogen-bond acceptors (Lipinski definition) is 3. The van der Waals surface area contributed by atoms with Gasteiger partial charge in [-0.3, -0.25) is 9.59 Å². The highest BCUT2D eigenvalue weighted by molar-refractivity contribution is 6.30. The quantitative estimate of drug-likeness (QED) is 0.716. The first kappa shape index (κ1) is 19.0. The average molecular weight is 378 g/mol. The van der Waals surface area contributed by atoms with Crippen LogP contribution in [0.15, 0.2) is 24.3 Å². The fourth-order valence-electron chi connectivity index (χ4n) is 3.65. The van der Waals surface area contributed by atoms with Crippen molar-refractivity contribution < 1.29 is 9.59 Å². The number of nitrogens with zero attached hydrogens (tertiary/aromatic N) is 3. The Kier molecular flexibility index (Phi) is 5.76. The van der Waals surface area contributed by atoms with E-state index in [9.17, 15) is 9.59 Å². The summed E-state index contributed by atoms with van der Waals surface area (Å²) in [5.41, 5.74) is 0.307. The summed E-state index contributed by atoms with van der Waals surface area (Å²) >= 11 is 6.08. The molecule has 0 unspecified atom stereocenters. The van der Waals surface area contributed by atoms with Crippen molar-refractivity contribution in [2.24, 2.45) is 5.41 Å². The summed E-state index contributed by atoms with van der Waals surface area (Å²) in [5.74, 6) is 0.0322. The SMILES string of the molecule is CCCCN(C)C(=O)C1(C(=O)N2CCN(c3cccc(Cl)c3)CC2)CC1. The van der Waals surface area contributed by atoms with E-state index in [-0.39, 0.29) is 11.8 Å². The lowest BCUT2D eigenvalue weighted by molar-refractivity contribution is -0.149. The Morgan fingerprint density at radius 1 is 1.19 bits per heavy atom. The van der Waals surface area contributed by atoms with Crippen LogP contribution in [-0.4, -0.2) is 61.4 Å². The molecule has 1 heterocycles. The Morgan fingerprint density at radius 3 is 2.46 bits per heavy atom. The molecule has 1 aromatic carbocycles. The van der Waals surface area contributed by atoms with Gasteiger partial charge in [-0.15, -0.1) is 0 Å². The van der Waals surface area contributed by atoms with Crippen LogP contribution < -0.4 is 4.90 Å². The minimum absolute atomic E-state index is 0.00761. The summed E-state index contributed by atoms with van der Waals surface area (Å²) in [6.45, 7) is 5.67. The molecule has 1 aromatic rings. The third kappa shape index (κ3) is 3.83. The number of anilines is 1. The molecule has 1 aliphatic heterocycles. The second kappa shape index (κ2) is 7.87. The molecule has 2 fully saturated rings. The van der Waals surface area contributed by atoms with Gasteiger partial charge in [0, 0.05) is 50.5 Å². The van der Waals surface area contributed by atoms with Crippen molar-refractivity contribution in [2.75, 3.05) is 44.7 Å². The second-order valence-corrected chi connectivity index (χ2v) is 7.86. The largest absolute Gasteiger partial charge is 0.368 e. The van der Waals surface area contributed by atoms with Gasteiger partial charge in [-0.25, -0.2) is 0 Å². The van der Waals surface area contributed by atoms with Gasteiger partial charge in [0.1, 0.15) is 5.41 Å². The molecular formula is C20H28ClN3O2. The predicted molar refractivity (Wildman–Crippen MR) is 104 cm³/mol. The summed E-state index contributed by atoms with van der Waals surface area (Å²) in [7, 11) is 1.82. The van der Waals surface area contributed by atoms with Crippen LogP contribution in [0.2, 0.25) is 5.02 Å². The van der Waals surface area contributed by atoms with Gasteiger partial charge in [-0.2, -0.15) is 0 Å². The van der Waals surface area contributed by atoms with Crippen LogP contribution in [-0.2, 0) is 9.59 Å². The molecule has 0 atom stereocenters. The van der Waals surface area contributed by atoms with Crippen LogP contribution >= 0.6 is 11.6 Å². The van der Waals surface area contributed by atoms with Crippen molar-refractivity contribution in [1.82, 2.24) is 9.80 Å². The zero-order valence-electron chi connectivity index (χ0n) is 15.7. The lowest BCUT2D eigenvalue weighted by atomic mass is 10.0. The molecule has 3 rings (SSSR count). The van der Waals surface area contributed by atoms with Crippen molar-refractivity contribution in [3.8, 4) is 0 Å². The maximum atomic E-state index is 13.0. The van der Waals surface area contributed by atoms with E-state index < -0.39 is 5.41 Å². The molecule has 5 nitrogen and oxygen atoms in total. The molecule has 0 N–H and O–H groups in total. The number of piperazine rings is 1. The first-order chi connectivity index (χ1) is 12.5. The number of halogens is 1. The van der Waals surface area contributed by atoms with Crippen LogP contribution in [0.3, 0.4) is 0 Å². The Labute approximate surface area is 160 Å². The Morgan fingerprint density at radius 2 is 1.88 bits per heavy atom. The van der Waals surface area contributed by atoms with Crippen LogP contribution in [0.4, 0.5) is 5.69 Å². The Hall–Kier alpha value is -1.75. The van der Waals surface area contributed by atoms with Gasteiger partial charge in [-0.1, -0.05) is 31.0 Å². The van der Waals surface area contributed by atoms with Crippen molar-refractivity contribution in [2.45, 2.75) is 32.6 Å². The molecule has 0 spiro atoms. The number of hydrogen-bond donors (Lipinski definition) is 0. The number of benzene rings is 1. The normalized spacial score (nSPS) is 18.6. The van der Waals surface area contributed by atoms with Crippen molar-refractivity contribution >= 4 is 29.1 Å². The molecule has 0 radical (unpaired) electrons. The lowest BCUT2D eigenvalue weighted by Crippen LogP contribution is -2.53. The van der Waals surface area contributed by atoms with Crippen molar-refractivity contribution in [3.05, 3.63) is 29.3 Å². The van der Waals surface area contributed by atoms with E-state index in [4.69, 9.17) is 11.6 Å². The maximum Gasteiger partial charge on any atom is 0.238 e. The second-order valence-electron chi connectivity index (χ2n) is 7.42. The minimum atomic E-state index is -0.777. The fourth-order valence-corrected chi connectivity index (χ4v) is 3.83. The van der Waals surface area contributed by atoms with Gasteiger partial charge in [-0.05, 0) is 37.5 Å². The third-order valence-electron chi connectivity index (χ3n) is 5.50. The van der Waals surface area contributed by atoms with E-state index in [0.29, 0.717) is 25.9 Å². The summed E-state index contributed by atoms with van der Waals surface area (Å²) in [5, 5.41) is 0.721. The molecule has 0 aromatic heterocycles. The number of amides is 2. The summed E-state index contributed by atoms with van der Waals surface area (Å²) in [4.78, 5) is 31.7. The average Bonchev–Trinajstić information content (AvgIpc) is 3.47. The van der Waals surface area contributed by atoms with Gasteiger partial charge in [0.05, 0.1) is 0 Å². The molecule has 2 amide bonds. The first-order valence-corrected chi connectivity index (χ1v) is 9.91. The van der Waals surface area contributed by atoms with Crippen molar-refractivity contribution in [3.63, 3.8) is 0 Å². The van der Waals surface area contributed by atoms with Crippen LogP contribution in [0.5, 0.6) is 0 Å². The van der Waals surface area contributed by atoms with Crippen LogP contribution in [0.25, 0.3) is 0 Å². The van der Waals surface area contributed by atoms with E-state index in [1.54, 1.807) is 4.90 Å². The smallest absolute Gasteiger partial charge is 0.238 e. The van der Waals surface area contributed by atoms with Gasteiger partial charge in [0.2, 0.25) is 11.8 Å². The number of unbranched alkanes of at least 4 members (excludes halogenated alkanes) is 1. The zero-order chi connectivity index (χ0) is 18.7. The maximum absolute atomic E-state index is 13.0. The standard InChI is InChI=1S/C20H28ClN3O2/c1-3-4-10-22(2)18(25)20(8-9-20)19(26)24-13-11-23(12-14-24)17-7-5-6-16(21)15-17/h5-7,15H,3-4,8-14H2,1-2H3. The molecule has 142 valence electrons. The highest BCUT2D eigenvalue weighted by Gasteiger charge is 2.59. The highest BCUT2D eigenvalue weighted by Crippen LogP contribution is 2.48. The summed E-state index contributed by atoms with van der Waals surface area (Å²) in [6, 6.07) is 7.80. The third-order valence-corrected chi connectivity index (χ3v) is 5.74. The summed E-state index contributed by atoms with van der Waals surface area (Å²) < 4.78 is 0. The van der Waals surface area contributed by atoms with E-state index in [2.05, 4.69) is 11.8 Å². The molecule has 0 bridgehead atoms. The van der Waals surface area contributed by atoms with Gasteiger partial charge < -0.3 is 14.7 Å². The van der Waals surface area contributed by atoms with E-state index in [0.717, 1.165) is 43.2 Å². The fraction of sp³-hybridized carbons (Fsp3) is 0.600. The lowest BCUT2D eigenvalue weighted by Gasteiger charge is -2.38. The zero-order valence-corrected chi connectivity index (χ0v) is 16.5. The monoisotopic (exact) mass is 377 g/mol. The first-order valence-electron chi connectivity index (χ1n) is 9.53. The van der Waals surface area contributed by atoms with Gasteiger partial charge >= 0.3 is 0 Å². The highest BCUT2D eigenvalue weighted by atomic mass is 35.5. The predicted octanol–water partition coefficient (Wildman–Crippen LogP) is 3.03.